The molecule has 1 N–H and O–H groups in total. The van der Waals surface area contributed by atoms with Crippen molar-refractivity contribution in [3.05, 3.63) is 59.4 Å². The average molecular weight is 363 g/mol. The summed E-state index contributed by atoms with van der Waals surface area (Å²) < 4.78 is 40.4. The number of carbonyl (C=O) groups is 1. The first kappa shape index (κ1) is 18.3. The van der Waals surface area contributed by atoms with Gasteiger partial charge in [0.2, 0.25) is 5.91 Å². The minimum atomic E-state index is -0.603. The molecule has 0 radical (unpaired) electrons. The molecule has 0 spiro atoms. The Hall–Kier alpha value is -2.54. The van der Waals surface area contributed by atoms with E-state index in [1.165, 1.54) is 18.2 Å². The lowest BCUT2D eigenvalue weighted by Gasteiger charge is -2.35. The third-order valence-corrected chi connectivity index (χ3v) is 4.45. The number of anilines is 2. The molecule has 26 heavy (non-hydrogen) atoms. The summed E-state index contributed by atoms with van der Waals surface area (Å²) in [5, 5.41) is 2.68. The zero-order valence-electron chi connectivity index (χ0n) is 14.4. The molecule has 1 aliphatic heterocycles. The van der Waals surface area contributed by atoms with E-state index in [0.29, 0.717) is 43.1 Å². The van der Waals surface area contributed by atoms with E-state index in [9.17, 15) is 18.0 Å². The van der Waals surface area contributed by atoms with Gasteiger partial charge in [-0.05, 0) is 36.8 Å². The predicted molar refractivity (Wildman–Crippen MR) is 94.8 cm³/mol. The number of benzene rings is 2. The number of piperazine rings is 1. The number of halogens is 3. The molecule has 1 amide bonds. The molecule has 3 rings (SSSR count). The smallest absolute Gasteiger partial charge is 0.238 e. The van der Waals surface area contributed by atoms with Gasteiger partial charge in [0.25, 0.3) is 0 Å². The molecule has 0 bridgehead atoms. The molecule has 0 aliphatic carbocycles. The maximum Gasteiger partial charge on any atom is 0.238 e. The molecule has 7 heteroatoms. The van der Waals surface area contributed by atoms with Gasteiger partial charge in [0.05, 0.1) is 12.2 Å². The minimum absolute atomic E-state index is 0.176. The Kier molecular flexibility index (Phi) is 5.46. The Morgan fingerprint density at radius 3 is 2.38 bits per heavy atom. The lowest BCUT2D eigenvalue weighted by molar-refractivity contribution is -0.117. The third-order valence-electron chi connectivity index (χ3n) is 4.45. The summed E-state index contributed by atoms with van der Waals surface area (Å²) >= 11 is 0. The van der Waals surface area contributed by atoms with Gasteiger partial charge in [-0.15, -0.1) is 0 Å². The maximum absolute atomic E-state index is 13.9. The fourth-order valence-electron chi connectivity index (χ4n) is 2.96. The zero-order chi connectivity index (χ0) is 18.7. The summed E-state index contributed by atoms with van der Waals surface area (Å²) in [4.78, 5) is 15.9. The van der Waals surface area contributed by atoms with Crippen LogP contribution in [0.4, 0.5) is 24.5 Å². The molecule has 0 aromatic heterocycles. The summed E-state index contributed by atoms with van der Waals surface area (Å²) in [6, 6.07) is 8.10. The van der Waals surface area contributed by atoms with Crippen molar-refractivity contribution in [2.45, 2.75) is 6.92 Å². The second-order valence-corrected chi connectivity index (χ2v) is 6.37. The standard InChI is InChI=1S/C19H20F3N3O/c1-13-2-4-15(11-16(13)21)23-19(26)12-24-6-8-25(9-7-24)18-5-3-14(20)10-17(18)22/h2-5,10-11H,6-9,12H2,1H3,(H,23,26). The molecule has 1 saturated heterocycles. The van der Waals surface area contributed by atoms with Gasteiger partial charge in [-0.3, -0.25) is 9.69 Å². The van der Waals surface area contributed by atoms with Gasteiger partial charge in [0.1, 0.15) is 17.5 Å². The number of rotatable bonds is 4. The number of amides is 1. The van der Waals surface area contributed by atoms with Gasteiger partial charge < -0.3 is 10.2 Å². The number of hydrogen-bond donors (Lipinski definition) is 1. The first-order valence-corrected chi connectivity index (χ1v) is 8.41. The molecular formula is C19H20F3N3O. The molecule has 1 fully saturated rings. The van der Waals surface area contributed by atoms with Crippen LogP contribution in [0.2, 0.25) is 0 Å². The van der Waals surface area contributed by atoms with Crippen LogP contribution in [-0.2, 0) is 4.79 Å². The largest absolute Gasteiger partial charge is 0.367 e. The summed E-state index contributed by atoms with van der Waals surface area (Å²) in [7, 11) is 0. The predicted octanol–water partition coefficient (Wildman–Crippen LogP) is 3.17. The zero-order valence-corrected chi connectivity index (χ0v) is 14.4. The van der Waals surface area contributed by atoms with E-state index < -0.39 is 11.6 Å². The number of nitrogens with zero attached hydrogens (tertiary/aromatic N) is 2. The first-order chi connectivity index (χ1) is 12.4. The van der Waals surface area contributed by atoms with Gasteiger partial charge in [-0.2, -0.15) is 0 Å². The Morgan fingerprint density at radius 2 is 1.73 bits per heavy atom. The van der Waals surface area contributed by atoms with E-state index in [2.05, 4.69) is 5.32 Å². The molecule has 0 unspecified atom stereocenters. The highest BCUT2D eigenvalue weighted by Gasteiger charge is 2.21. The molecule has 138 valence electrons. The van der Waals surface area contributed by atoms with Gasteiger partial charge in [0, 0.05) is 37.9 Å². The second-order valence-electron chi connectivity index (χ2n) is 6.37. The van der Waals surface area contributed by atoms with E-state index >= 15 is 0 Å². The molecule has 1 heterocycles. The van der Waals surface area contributed by atoms with Crippen molar-refractivity contribution in [1.29, 1.82) is 0 Å². The Balaban J connectivity index is 1.51. The Morgan fingerprint density at radius 1 is 1.00 bits per heavy atom. The van der Waals surface area contributed by atoms with E-state index in [0.717, 1.165) is 6.07 Å². The molecule has 0 saturated carbocycles. The van der Waals surface area contributed by atoms with Crippen LogP contribution in [0.25, 0.3) is 0 Å². The Labute approximate surface area is 150 Å². The topological polar surface area (TPSA) is 35.6 Å². The van der Waals surface area contributed by atoms with Crippen molar-refractivity contribution in [1.82, 2.24) is 4.90 Å². The van der Waals surface area contributed by atoms with E-state index in [-0.39, 0.29) is 18.3 Å². The average Bonchev–Trinajstić information content (AvgIpc) is 2.59. The van der Waals surface area contributed by atoms with Crippen molar-refractivity contribution in [2.24, 2.45) is 0 Å². The van der Waals surface area contributed by atoms with Crippen molar-refractivity contribution < 1.29 is 18.0 Å². The summed E-state index contributed by atoms with van der Waals surface area (Å²) in [5.41, 5.74) is 1.31. The highest BCUT2D eigenvalue weighted by atomic mass is 19.1. The maximum atomic E-state index is 13.9. The van der Waals surface area contributed by atoms with E-state index in [4.69, 9.17) is 0 Å². The number of carbonyl (C=O) groups excluding carboxylic acids is 1. The van der Waals surface area contributed by atoms with Crippen molar-refractivity contribution in [3.63, 3.8) is 0 Å². The van der Waals surface area contributed by atoms with E-state index in [1.54, 1.807) is 19.1 Å². The summed E-state index contributed by atoms with van der Waals surface area (Å²) in [6.07, 6.45) is 0. The molecular weight excluding hydrogens is 343 g/mol. The van der Waals surface area contributed by atoms with Crippen LogP contribution in [0.3, 0.4) is 0 Å². The van der Waals surface area contributed by atoms with Crippen LogP contribution >= 0.6 is 0 Å². The first-order valence-electron chi connectivity index (χ1n) is 8.41. The van der Waals surface area contributed by atoms with Crippen LogP contribution in [0.1, 0.15) is 5.56 Å². The molecule has 2 aromatic carbocycles. The summed E-state index contributed by atoms with van der Waals surface area (Å²) in [6.45, 7) is 4.06. The quantitative estimate of drug-likeness (QED) is 0.906. The minimum Gasteiger partial charge on any atom is -0.367 e. The fourth-order valence-corrected chi connectivity index (χ4v) is 2.96. The van der Waals surface area contributed by atoms with Gasteiger partial charge in [-0.25, -0.2) is 13.2 Å². The van der Waals surface area contributed by atoms with E-state index in [1.807, 2.05) is 9.80 Å². The van der Waals surface area contributed by atoms with Crippen LogP contribution in [0.15, 0.2) is 36.4 Å². The van der Waals surface area contributed by atoms with Crippen LogP contribution in [-0.4, -0.2) is 43.5 Å². The number of aryl methyl sites for hydroxylation is 1. The fraction of sp³-hybridized carbons (Fsp3) is 0.316. The second kappa shape index (κ2) is 7.78. The lowest BCUT2D eigenvalue weighted by Crippen LogP contribution is -2.48. The van der Waals surface area contributed by atoms with Crippen LogP contribution in [0, 0.1) is 24.4 Å². The highest BCUT2D eigenvalue weighted by molar-refractivity contribution is 5.92. The third kappa shape index (κ3) is 4.35. The molecule has 1 aliphatic rings. The molecule has 2 aromatic rings. The van der Waals surface area contributed by atoms with Crippen molar-refractivity contribution >= 4 is 17.3 Å². The van der Waals surface area contributed by atoms with Crippen LogP contribution in [0.5, 0.6) is 0 Å². The van der Waals surface area contributed by atoms with Gasteiger partial charge >= 0.3 is 0 Å². The van der Waals surface area contributed by atoms with Gasteiger partial charge in [0.15, 0.2) is 0 Å². The number of hydrogen-bond acceptors (Lipinski definition) is 3. The number of nitrogens with one attached hydrogen (secondary N) is 1. The molecule has 0 atom stereocenters. The monoisotopic (exact) mass is 363 g/mol. The van der Waals surface area contributed by atoms with Crippen molar-refractivity contribution in [2.75, 3.05) is 42.9 Å². The highest BCUT2D eigenvalue weighted by Crippen LogP contribution is 2.21. The lowest BCUT2D eigenvalue weighted by atomic mass is 10.2. The Bertz CT molecular complexity index is 805. The van der Waals surface area contributed by atoms with Gasteiger partial charge in [-0.1, -0.05) is 6.07 Å². The normalized spacial score (nSPS) is 15.2. The molecule has 4 nitrogen and oxygen atoms in total. The SMILES string of the molecule is Cc1ccc(NC(=O)CN2CCN(c3ccc(F)cc3F)CC2)cc1F. The van der Waals surface area contributed by atoms with Crippen LogP contribution < -0.4 is 10.2 Å². The summed E-state index contributed by atoms with van der Waals surface area (Å²) in [5.74, 6) is -1.78. The van der Waals surface area contributed by atoms with Crippen molar-refractivity contribution in [3.8, 4) is 0 Å².